The maximum Gasteiger partial charge on any atom is 0.225 e. The maximum atomic E-state index is 12.4. The molecule has 0 fully saturated rings. The Morgan fingerprint density at radius 3 is 2.86 bits per heavy atom. The van der Waals surface area contributed by atoms with Gasteiger partial charge >= 0.3 is 0 Å². The summed E-state index contributed by atoms with van der Waals surface area (Å²) in [5.41, 5.74) is 0. The number of amides is 1. The Balaban J connectivity index is 1.57. The molecular weight excluding hydrogens is 266 g/mol. The topological polar surface area (TPSA) is 38.8 Å². The van der Waals surface area contributed by atoms with Crippen molar-refractivity contribution in [2.75, 3.05) is 20.2 Å². The summed E-state index contributed by atoms with van der Waals surface area (Å²) in [7, 11) is 1.85. The highest BCUT2D eigenvalue weighted by atomic mass is 16.6. The Bertz CT molecular complexity index is 541. The Morgan fingerprint density at radius 2 is 2.10 bits per heavy atom. The normalized spacial score (nSPS) is 23.7. The molecule has 0 saturated carbocycles. The van der Waals surface area contributed by atoms with Crippen LogP contribution >= 0.6 is 0 Å². The van der Waals surface area contributed by atoms with Crippen molar-refractivity contribution in [3.8, 4) is 11.5 Å². The Kier molecular flexibility index (Phi) is 4.13. The lowest BCUT2D eigenvalue weighted by Crippen LogP contribution is -2.43. The molecule has 0 bridgehead atoms. The number of nitrogens with zero attached hydrogens (tertiary/aromatic N) is 1. The van der Waals surface area contributed by atoms with Crippen LogP contribution in [0.15, 0.2) is 36.4 Å². The van der Waals surface area contributed by atoms with Crippen molar-refractivity contribution in [1.29, 1.82) is 0 Å². The molecule has 0 aromatic heterocycles. The SMILES string of the molecule is CN(CC1COc2ccccc2O1)C(=O)C1CC=CCC1. The van der Waals surface area contributed by atoms with Crippen LogP contribution in [0, 0.1) is 5.92 Å². The van der Waals surface area contributed by atoms with Gasteiger partial charge in [-0.25, -0.2) is 0 Å². The van der Waals surface area contributed by atoms with Gasteiger partial charge in [0.25, 0.3) is 0 Å². The zero-order valence-electron chi connectivity index (χ0n) is 12.3. The van der Waals surface area contributed by atoms with E-state index in [1.165, 1.54) is 0 Å². The van der Waals surface area contributed by atoms with Crippen molar-refractivity contribution >= 4 is 5.91 Å². The number of hydrogen-bond donors (Lipinski definition) is 0. The predicted octanol–water partition coefficient (Wildman–Crippen LogP) is 2.64. The summed E-state index contributed by atoms with van der Waals surface area (Å²) in [5, 5.41) is 0. The third-order valence-corrected chi connectivity index (χ3v) is 4.04. The standard InChI is InChI=1S/C17H21NO3/c1-18(17(19)13-7-3-2-4-8-13)11-14-12-20-15-9-5-6-10-16(15)21-14/h2-3,5-6,9-10,13-14H,4,7-8,11-12H2,1H3. The molecule has 2 unspecified atom stereocenters. The van der Waals surface area contributed by atoms with Gasteiger partial charge in [-0.1, -0.05) is 24.3 Å². The number of ether oxygens (including phenoxy) is 2. The average molecular weight is 287 g/mol. The van der Waals surface area contributed by atoms with Crippen LogP contribution < -0.4 is 9.47 Å². The van der Waals surface area contributed by atoms with Crippen molar-refractivity contribution in [2.45, 2.75) is 25.4 Å². The van der Waals surface area contributed by atoms with Crippen LogP contribution in [-0.2, 0) is 4.79 Å². The molecule has 1 aliphatic carbocycles. The number of allylic oxidation sites excluding steroid dienone is 2. The summed E-state index contributed by atoms with van der Waals surface area (Å²) in [6, 6.07) is 7.65. The second kappa shape index (κ2) is 6.20. The summed E-state index contributed by atoms with van der Waals surface area (Å²) in [6.45, 7) is 1.05. The molecular formula is C17H21NO3. The zero-order valence-corrected chi connectivity index (χ0v) is 12.3. The molecule has 0 N–H and O–H groups in total. The highest BCUT2D eigenvalue weighted by Crippen LogP contribution is 2.31. The van der Waals surface area contributed by atoms with Crippen molar-refractivity contribution in [2.24, 2.45) is 5.92 Å². The molecule has 1 amide bonds. The molecule has 1 heterocycles. The van der Waals surface area contributed by atoms with Crippen LogP contribution in [-0.4, -0.2) is 37.1 Å². The Labute approximate surface area is 125 Å². The molecule has 0 saturated heterocycles. The van der Waals surface area contributed by atoms with Crippen molar-refractivity contribution in [1.82, 2.24) is 4.90 Å². The molecule has 0 radical (unpaired) electrons. The van der Waals surface area contributed by atoms with Crippen molar-refractivity contribution in [3.63, 3.8) is 0 Å². The monoisotopic (exact) mass is 287 g/mol. The molecule has 2 aliphatic rings. The first-order chi connectivity index (χ1) is 10.2. The quantitative estimate of drug-likeness (QED) is 0.802. The van der Waals surface area contributed by atoms with Gasteiger partial charge in [0, 0.05) is 13.0 Å². The molecule has 4 heteroatoms. The number of hydrogen-bond acceptors (Lipinski definition) is 3. The predicted molar refractivity (Wildman–Crippen MR) is 80.5 cm³/mol. The van der Waals surface area contributed by atoms with E-state index in [2.05, 4.69) is 12.2 Å². The molecule has 0 spiro atoms. The number of benzene rings is 1. The van der Waals surface area contributed by atoms with E-state index in [-0.39, 0.29) is 17.9 Å². The fourth-order valence-corrected chi connectivity index (χ4v) is 2.88. The third kappa shape index (κ3) is 3.20. The molecule has 112 valence electrons. The molecule has 21 heavy (non-hydrogen) atoms. The average Bonchev–Trinajstić information content (AvgIpc) is 2.55. The van der Waals surface area contributed by atoms with E-state index in [0.717, 1.165) is 30.8 Å². The Hall–Kier alpha value is -1.97. The van der Waals surface area contributed by atoms with Crippen LogP contribution in [0.1, 0.15) is 19.3 Å². The maximum absolute atomic E-state index is 12.4. The van der Waals surface area contributed by atoms with Gasteiger partial charge < -0.3 is 14.4 Å². The first-order valence-corrected chi connectivity index (χ1v) is 7.52. The van der Waals surface area contributed by atoms with E-state index in [0.29, 0.717) is 13.2 Å². The highest BCUT2D eigenvalue weighted by Gasteiger charge is 2.27. The molecule has 2 atom stereocenters. The third-order valence-electron chi connectivity index (χ3n) is 4.04. The molecule has 1 aliphatic heterocycles. The van der Waals surface area contributed by atoms with Crippen LogP contribution in [0.3, 0.4) is 0 Å². The lowest BCUT2D eigenvalue weighted by Gasteiger charge is -2.31. The number of fused-ring (bicyclic) bond motifs is 1. The van der Waals surface area contributed by atoms with Crippen molar-refractivity contribution in [3.05, 3.63) is 36.4 Å². The lowest BCUT2D eigenvalue weighted by molar-refractivity contribution is -0.135. The van der Waals surface area contributed by atoms with E-state index in [9.17, 15) is 4.79 Å². The van der Waals surface area contributed by atoms with Crippen LogP contribution in [0.25, 0.3) is 0 Å². The number of likely N-dealkylation sites (N-methyl/N-ethyl adjacent to an activating group) is 1. The van der Waals surface area contributed by atoms with Gasteiger partial charge in [-0.3, -0.25) is 4.79 Å². The summed E-state index contributed by atoms with van der Waals surface area (Å²) in [6.07, 6.45) is 6.96. The van der Waals surface area contributed by atoms with E-state index in [1.807, 2.05) is 31.3 Å². The van der Waals surface area contributed by atoms with Crippen LogP contribution in [0.2, 0.25) is 0 Å². The lowest BCUT2D eigenvalue weighted by atomic mass is 9.93. The van der Waals surface area contributed by atoms with Gasteiger partial charge in [-0.15, -0.1) is 0 Å². The van der Waals surface area contributed by atoms with Gasteiger partial charge in [0.05, 0.1) is 6.54 Å². The van der Waals surface area contributed by atoms with E-state index in [4.69, 9.17) is 9.47 Å². The first kappa shape index (κ1) is 14.0. The fourth-order valence-electron chi connectivity index (χ4n) is 2.88. The summed E-state index contributed by atoms with van der Waals surface area (Å²) >= 11 is 0. The van der Waals surface area contributed by atoms with Crippen molar-refractivity contribution < 1.29 is 14.3 Å². The molecule has 1 aromatic carbocycles. The summed E-state index contributed by atoms with van der Waals surface area (Å²) < 4.78 is 11.6. The second-order valence-electron chi connectivity index (χ2n) is 5.70. The summed E-state index contributed by atoms with van der Waals surface area (Å²) in [4.78, 5) is 14.2. The van der Waals surface area contributed by atoms with Gasteiger partial charge in [-0.2, -0.15) is 0 Å². The Morgan fingerprint density at radius 1 is 1.29 bits per heavy atom. The number of carbonyl (C=O) groups excluding carboxylic acids is 1. The van der Waals surface area contributed by atoms with Crippen LogP contribution in [0.4, 0.5) is 0 Å². The van der Waals surface area contributed by atoms with E-state index >= 15 is 0 Å². The molecule has 4 nitrogen and oxygen atoms in total. The van der Waals surface area contributed by atoms with E-state index in [1.54, 1.807) is 4.90 Å². The number of rotatable bonds is 3. The van der Waals surface area contributed by atoms with Gasteiger partial charge in [0.2, 0.25) is 5.91 Å². The minimum absolute atomic E-state index is 0.104. The largest absolute Gasteiger partial charge is 0.486 e. The number of para-hydroxylation sites is 2. The van der Waals surface area contributed by atoms with Gasteiger partial charge in [-0.05, 0) is 31.4 Å². The molecule has 3 rings (SSSR count). The van der Waals surface area contributed by atoms with Crippen LogP contribution in [0.5, 0.6) is 11.5 Å². The zero-order chi connectivity index (χ0) is 14.7. The number of carbonyl (C=O) groups is 1. The highest BCUT2D eigenvalue weighted by molar-refractivity contribution is 5.79. The van der Waals surface area contributed by atoms with Gasteiger partial charge in [0.15, 0.2) is 17.6 Å². The second-order valence-corrected chi connectivity index (χ2v) is 5.70. The summed E-state index contributed by atoms with van der Waals surface area (Å²) in [5.74, 6) is 1.87. The van der Waals surface area contributed by atoms with Gasteiger partial charge in [0.1, 0.15) is 6.61 Å². The minimum Gasteiger partial charge on any atom is -0.486 e. The first-order valence-electron chi connectivity index (χ1n) is 7.52. The fraction of sp³-hybridized carbons (Fsp3) is 0.471. The smallest absolute Gasteiger partial charge is 0.225 e. The molecule has 1 aromatic rings. The minimum atomic E-state index is -0.104. The van der Waals surface area contributed by atoms with E-state index < -0.39 is 0 Å².